The number of carbonyl (C=O) groups is 1. The number of para-hydroxylation sites is 2. The second-order valence-electron chi connectivity index (χ2n) is 7.05. The number of amides is 1. The van der Waals surface area contributed by atoms with Gasteiger partial charge in [-0.1, -0.05) is 36.4 Å². The number of piperidine rings is 1. The zero-order valence-electron chi connectivity index (χ0n) is 16.4. The SMILES string of the molecule is COc1ccccc1C(C)=CC(=O)N(C)C1CCCN(c2ccccc2)C1. The van der Waals surface area contributed by atoms with Crippen LogP contribution >= 0.6 is 0 Å². The summed E-state index contributed by atoms with van der Waals surface area (Å²) in [6, 6.07) is 18.4. The van der Waals surface area contributed by atoms with Crippen LogP contribution in [-0.2, 0) is 4.79 Å². The average molecular weight is 364 g/mol. The number of carbonyl (C=O) groups excluding carboxylic acids is 1. The molecule has 3 rings (SSSR count). The molecule has 27 heavy (non-hydrogen) atoms. The number of nitrogens with zero attached hydrogens (tertiary/aromatic N) is 2. The second-order valence-corrected chi connectivity index (χ2v) is 7.05. The van der Waals surface area contributed by atoms with Crippen molar-refractivity contribution in [1.82, 2.24) is 4.90 Å². The van der Waals surface area contributed by atoms with Crippen molar-refractivity contribution in [3.05, 3.63) is 66.2 Å². The number of hydrogen-bond donors (Lipinski definition) is 0. The van der Waals surface area contributed by atoms with E-state index in [1.807, 2.05) is 49.2 Å². The van der Waals surface area contributed by atoms with E-state index in [9.17, 15) is 4.79 Å². The number of benzene rings is 2. The predicted molar refractivity (Wildman–Crippen MR) is 111 cm³/mol. The third-order valence-corrected chi connectivity index (χ3v) is 5.29. The molecule has 0 aliphatic carbocycles. The van der Waals surface area contributed by atoms with E-state index in [1.54, 1.807) is 13.2 Å². The van der Waals surface area contributed by atoms with Gasteiger partial charge >= 0.3 is 0 Å². The van der Waals surface area contributed by atoms with Crippen molar-refractivity contribution in [2.24, 2.45) is 0 Å². The van der Waals surface area contributed by atoms with Gasteiger partial charge in [0.25, 0.3) is 0 Å². The van der Waals surface area contributed by atoms with Crippen molar-refractivity contribution < 1.29 is 9.53 Å². The summed E-state index contributed by atoms with van der Waals surface area (Å²) in [6.45, 7) is 3.87. The molecule has 1 unspecified atom stereocenters. The van der Waals surface area contributed by atoms with Crippen molar-refractivity contribution >= 4 is 17.2 Å². The summed E-state index contributed by atoms with van der Waals surface area (Å²) < 4.78 is 5.42. The molecule has 0 bridgehead atoms. The largest absolute Gasteiger partial charge is 0.496 e. The Bertz CT molecular complexity index is 801. The number of ether oxygens (including phenoxy) is 1. The van der Waals surface area contributed by atoms with Gasteiger partial charge in [-0.15, -0.1) is 0 Å². The third-order valence-electron chi connectivity index (χ3n) is 5.29. The van der Waals surface area contributed by atoms with Crippen LogP contribution in [0.4, 0.5) is 5.69 Å². The van der Waals surface area contributed by atoms with Crippen molar-refractivity contribution in [3.63, 3.8) is 0 Å². The minimum absolute atomic E-state index is 0.0401. The highest BCUT2D eigenvalue weighted by atomic mass is 16.5. The summed E-state index contributed by atoms with van der Waals surface area (Å²) in [6.07, 6.45) is 3.85. The molecule has 1 aliphatic heterocycles. The molecule has 1 saturated heterocycles. The second kappa shape index (κ2) is 8.76. The van der Waals surface area contributed by atoms with Crippen LogP contribution in [0.25, 0.3) is 5.57 Å². The lowest BCUT2D eigenvalue weighted by Gasteiger charge is -2.38. The molecule has 4 heteroatoms. The summed E-state index contributed by atoms with van der Waals surface area (Å²) >= 11 is 0. The highest BCUT2D eigenvalue weighted by Gasteiger charge is 2.25. The molecule has 2 aromatic rings. The van der Waals surface area contributed by atoms with Crippen LogP contribution in [0.3, 0.4) is 0 Å². The number of hydrogen-bond acceptors (Lipinski definition) is 3. The highest BCUT2D eigenvalue weighted by molar-refractivity contribution is 5.95. The topological polar surface area (TPSA) is 32.8 Å². The Morgan fingerprint density at radius 2 is 1.85 bits per heavy atom. The normalized spacial score (nSPS) is 17.5. The molecule has 4 nitrogen and oxygen atoms in total. The summed E-state index contributed by atoms with van der Waals surface area (Å²) in [7, 11) is 3.56. The fourth-order valence-corrected chi connectivity index (χ4v) is 3.66. The molecule has 1 heterocycles. The maximum atomic E-state index is 12.9. The van der Waals surface area contributed by atoms with E-state index in [-0.39, 0.29) is 11.9 Å². The van der Waals surface area contributed by atoms with Gasteiger partial charge in [0, 0.05) is 43.5 Å². The smallest absolute Gasteiger partial charge is 0.246 e. The number of anilines is 1. The molecular formula is C23H28N2O2. The van der Waals surface area contributed by atoms with E-state index >= 15 is 0 Å². The zero-order valence-corrected chi connectivity index (χ0v) is 16.4. The third kappa shape index (κ3) is 4.51. The van der Waals surface area contributed by atoms with E-state index in [2.05, 4.69) is 29.2 Å². The monoisotopic (exact) mass is 364 g/mol. The highest BCUT2D eigenvalue weighted by Crippen LogP contribution is 2.26. The number of methoxy groups -OCH3 is 1. The van der Waals surface area contributed by atoms with E-state index in [4.69, 9.17) is 4.74 Å². The number of allylic oxidation sites excluding steroid dienone is 1. The molecule has 1 atom stereocenters. The Labute approximate surface area is 162 Å². The van der Waals surface area contributed by atoms with Gasteiger partial charge in [-0.2, -0.15) is 0 Å². The molecule has 1 fully saturated rings. The Balaban J connectivity index is 1.71. The molecule has 142 valence electrons. The summed E-state index contributed by atoms with van der Waals surface area (Å²) in [5.41, 5.74) is 3.10. The van der Waals surface area contributed by atoms with Crippen LogP contribution in [0.1, 0.15) is 25.3 Å². The van der Waals surface area contributed by atoms with E-state index < -0.39 is 0 Å². The minimum Gasteiger partial charge on any atom is -0.496 e. The van der Waals surface area contributed by atoms with Gasteiger partial charge in [0.2, 0.25) is 5.91 Å². The Morgan fingerprint density at radius 3 is 2.59 bits per heavy atom. The van der Waals surface area contributed by atoms with Gasteiger partial charge in [-0.3, -0.25) is 4.79 Å². The lowest BCUT2D eigenvalue weighted by molar-refractivity contribution is -0.126. The summed E-state index contributed by atoms with van der Waals surface area (Å²) in [4.78, 5) is 17.1. The molecule has 1 amide bonds. The molecule has 0 aromatic heterocycles. The standard InChI is InChI=1S/C23H28N2O2/c1-18(21-13-7-8-14-22(21)27-3)16-23(26)24(2)20-12-9-15-25(17-20)19-10-5-4-6-11-19/h4-8,10-11,13-14,16,20H,9,12,15,17H2,1-3H3. The van der Waals surface area contributed by atoms with Crippen LogP contribution < -0.4 is 9.64 Å². The van der Waals surface area contributed by atoms with Gasteiger partial charge < -0.3 is 14.5 Å². The van der Waals surface area contributed by atoms with E-state index in [0.717, 1.165) is 42.8 Å². The number of likely N-dealkylation sites (N-methyl/N-ethyl adjacent to an activating group) is 1. The predicted octanol–water partition coefficient (Wildman–Crippen LogP) is 4.23. The van der Waals surface area contributed by atoms with Crippen LogP contribution in [0, 0.1) is 0 Å². The van der Waals surface area contributed by atoms with Gasteiger partial charge in [0.1, 0.15) is 5.75 Å². The first kappa shape index (κ1) is 19.0. The van der Waals surface area contributed by atoms with Crippen molar-refractivity contribution in [2.45, 2.75) is 25.8 Å². The first-order chi connectivity index (χ1) is 13.1. The van der Waals surface area contributed by atoms with E-state index in [0.29, 0.717) is 0 Å². The maximum absolute atomic E-state index is 12.9. The first-order valence-corrected chi connectivity index (χ1v) is 9.48. The Kier molecular flexibility index (Phi) is 6.17. The maximum Gasteiger partial charge on any atom is 0.246 e. The summed E-state index contributed by atoms with van der Waals surface area (Å²) in [5, 5.41) is 0. The van der Waals surface area contributed by atoms with Gasteiger partial charge in [-0.05, 0) is 43.5 Å². The lowest BCUT2D eigenvalue weighted by Crippen LogP contribution is -2.48. The molecule has 1 aliphatic rings. The minimum atomic E-state index is 0.0401. The lowest BCUT2D eigenvalue weighted by atomic mass is 10.0. The first-order valence-electron chi connectivity index (χ1n) is 9.48. The zero-order chi connectivity index (χ0) is 19.2. The van der Waals surface area contributed by atoms with Crippen LogP contribution in [0.5, 0.6) is 5.75 Å². The molecule has 2 aromatic carbocycles. The van der Waals surface area contributed by atoms with Crippen LogP contribution in [-0.4, -0.2) is 44.1 Å². The molecule has 0 radical (unpaired) electrons. The van der Waals surface area contributed by atoms with Crippen molar-refractivity contribution in [2.75, 3.05) is 32.1 Å². The molecule has 0 spiro atoms. The molecule has 0 saturated carbocycles. The fourth-order valence-electron chi connectivity index (χ4n) is 3.66. The molecular weight excluding hydrogens is 336 g/mol. The van der Waals surface area contributed by atoms with E-state index in [1.165, 1.54) is 5.69 Å². The van der Waals surface area contributed by atoms with Crippen LogP contribution in [0.2, 0.25) is 0 Å². The summed E-state index contributed by atoms with van der Waals surface area (Å²) in [5.74, 6) is 0.827. The number of rotatable bonds is 5. The van der Waals surface area contributed by atoms with Crippen LogP contribution in [0.15, 0.2) is 60.7 Å². The Hall–Kier alpha value is -2.75. The van der Waals surface area contributed by atoms with Gasteiger partial charge in [0.15, 0.2) is 0 Å². The fraction of sp³-hybridized carbons (Fsp3) is 0.348. The van der Waals surface area contributed by atoms with Gasteiger partial charge in [0.05, 0.1) is 7.11 Å². The Morgan fingerprint density at radius 1 is 1.15 bits per heavy atom. The quantitative estimate of drug-likeness (QED) is 0.745. The van der Waals surface area contributed by atoms with Crippen molar-refractivity contribution in [3.8, 4) is 5.75 Å². The molecule has 0 N–H and O–H groups in total. The van der Waals surface area contributed by atoms with Gasteiger partial charge in [-0.25, -0.2) is 0 Å². The average Bonchev–Trinajstić information content (AvgIpc) is 2.73. The van der Waals surface area contributed by atoms with Crippen molar-refractivity contribution in [1.29, 1.82) is 0 Å².